The van der Waals surface area contributed by atoms with Gasteiger partial charge in [-0.05, 0) is 29.1 Å². The van der Waals surface area contributed by atoms with Gasteiger partial charge in [0.25, 0.3) is 0 Å². The summed E-state index contributed by atoms with van der Waals surface area (Å²) in [5, 5.41) is 5.59. The highest BCUT2D eigenvalue weighted by atomic mass is 32.1. The second-order valence-corrected chi connectivity index (χ2v) is 5.96. The van der Waals surface area contributed by atoms with Crippen LogP contribution in [0.5, 0.6) is 5.75 Å². The second kappa shape index (κ2) is 6.39. The zero-order chi connectivity index (χ0) is 13.8. The molecule has 106 valence electrons. The van der Waals surface area contributed by atoms with Crippen LogP contribution in [0.15, 0.2) is 41.8 Å². The SMILES string of the molecule is COc1ccc([C@@H](c2cccs2)N2CCNCC2)cc1. The number of thiophene rings is 1. The molecule has 0 aliphatic carbocycles. The number of ether oxygens (including phenoxy) is 1. The van der Waals surface area contributed by atoms with Crippen LogP contribution in [0.2, 0.25) is 0 Å². The molecule has 2 aromatic rings. The van der Waals surface area contributed by atoms with Crippen molar-refractivity contribution in [2.45, 2.75) is 6.04 Å². The molecule has 1 atom stereocenters. The van der Waals surface area contributed by atoms with E-state index in [0.717, 1.165) is 31.9 Å². The van der Waals surface area contributed by atoms with Crippen molar-refractivity contribution in [1.29, 1.82) is 0 Å². The Morgan fingerprint density at radius 1 is 1.15 bits per heavy atom. The average Bonchev–Trinajstić information content (AvgIpc) is 3.03. The molecule has 0 radical (unpaired) electrons. The Kier molecular flexibility index (Phi) is 4.35. The van der Waals surface area contributed by atoms with Crippen molar-refractivity contribution >= 4 is 11.3 Å². The molecule has 0 saturated carbocycles. The molecule has 1 N–H and O–H groups in total. The molecule has 1 aliphatic rings. The highest BCUT2D eigenvalue weighted by Gasteiger charge is 2.24. The molecule has 1 saturated heterocycles. The summed E-state index contributed by atoms with van der Waals surface area (Å²) >= 11 is 1.84. The predicted octanol–water partition coefficient (Wildman–Crippen LogP) is 2.75. The molecule has 3 nitrogen and oxygen atoms in total. The van der Waals surface area contributed by atoms with Crippen molar-refractivity contribution < 1.29 is 4.74 Å². The molecule has 1 fully saturated rings. The number of rotatable bonds is 4. The lowest BCUT2D eigenvalue weighted by Gasteiger charge is -2.34. The predicted molar refractivity (Wildman–Crippen MR) is 83.6 cm³/mol. The summed E-state index contributed by atoms with van der Waals surface area (Å²) in [5.41, 5.74) is 1.34. The van der Waals surface area contributed by atoms with Gasteiger partial charge in [0.2, 0.25) is 0 Å². The van der Waals surface area contributed by atoms with Gasteiger partial charge in [-0.1, -0.05) is 18.2 Å². The van der Waals surface area contributed by atoms with Gasteiger partial charge < -0.3 is 10.1 Å². The summed E-state index contributed by atoms with van der Waals surface area (Å²) in [5.74, 6) is 0.916. The number of benzene rings is 1. The van der Waals surface area contributed by atoms with Gasteiger partial charge in [-0.25, -0.2) is 0 Å². The summed E-state index contributed by atoms with van der Waals surface area (Å²) in [6.07, 6.45) is 0. The van der Waals surface area contributed by atoms with Crippen molar-refractivity contribution in [3.63, 3.8) is 0 Å². The number of piperazine rings is 1. The van der Waals surface area contributed by atoms with E-state index in [0.29, 0.717) is 6.04 Å². The number of hydrogen-bond donors (Lipinski definition) is 1. The smallest absolute Gasteiger partial charge is 0.118 e. The minimum Gasteiger partial charge on any atom is -0.497 e. The van der Waals surface area contributed by atoms with Gasteiger partial charge in [0, 0.05) is 31.1 Å². The van der Waals surface area contributed by atoms with Crippen LogP contribution in [-0.4, -0.2) is 38.2 Å². The molecule has 2 heterocycles. The molecule has 0 unspecified atom stereocenters. The fraction of sp³-hybridized carbons (Fsp3) is 0.375. The molecule has 4 heteroatoms. The van der Waals surface area contributed by atoms with Crippen LogP contribution in [0.1, 0.15) is 16.5 Å². The topological polar surface area (TPSA) is 24.5 Å². The maximum Gasteiger partial charge on any atom is 0.118 e. The Morgan fingerprint density at radius 3 is 2.50 bits per heavy atom. The van der Waals surface area contributed by atoms with Gasteiger partial charge in [-0.3, -0.25) is 4.90 Å². The Balaban J connectivity index is 1.91. The molecule has 0 amide bonds. The summed E-state index contributed by atoms with van der Waals surface area (Å²) in [6, 6.07) is 13.2. The zero-order valence-corrected chi connectivity index (χ0v) is 12.5. The molecule has 1 aromatic heterocycles. The van der Waals surface area contributed by atoms with Crippen molar-refractivity contribution in [3.05, 3.63) is 52.2 Å². The normalized spacial score (nSPS) is 17.9. The minimum atomic E-state index is 0.364. The lowest BCUT2D eigenvalue weighted by molar-refractivity contribution is 0.200. The van der Waals surface area contributed by atoms with E-state index in [1.807, 2.05) is 11.3 Å². The third kappa shape index (κ3) is 2.87. The highest BCUT2D eigenvalue weighted by molar-refractivity contribution is 7.10. The fourth-order valence-electron chi connectivity index (χ4n) is 2.73. The second-order valence-electron chi connectivity index (χ2n) is 4.98. The van der Waals surface area contributed by atoms with E-state index >= 15 is 0 Å². The van der Waals surface area contributed by atoms with E-state index in [9.17, 15) is 0 Å². The molecular weight excluding hydrogens is 268 g/mol. The van der Waals surface area contributed by atoms with Crippen LogP contribution >= 0.6 is 11.3 Å². The Bertz CT molecular complexity index is 518. The van der Waals surface area contributed by atoms with Gasteiger partial charge in [0.15, 0.2) is 0 Å². The van der Waals surface area contributed by atoms with Gasteiger partial charge >= 0.3 is 0 Å². The van der Waals surface area contributed by atoms with Gasteiger partial charge in [0.1, 0.15) is 5.75 Å². The van der Waals surface area contributed by atoms with E-state index in [4.69, 9.17) is 4.74 Å². The number of hydrogen-bond acceptors (Lipinski definition) is 4. The maximum atomic E-state index is 5.26. The molecule has 0 spiro atoms. The fourth-order valence-corrected chi connectivity index (χ4v) is 3.61. The van der Waals surface area contributed by atoms with Crippen LogP contribution in [0, 0.1) is 0 Å². The quantitative estimate of drug-likeness (QED) is 0.936. The first-order valence-electron chi connectivity index (χ1n) is 7.00. The van der Waals surface area contributed by atoms with Crippen molar-refractivity contribution in [2.75, 3.05) is 33.3 Å². The first-order chi connectivity index (χ1) is 9.88. The largest absolute Gasteiger partial charge is 0.497 e. The first kappa shape index (κ1) is 13.6. The van der Waals surface area contributed by atoms with Crippen LogP contribution < -0.4 is 10.1 Å². The van der Waals surface area contributed by atoms with E-state index < -0.39 is 0 Å². The van der Waals surface area contributed by atoms with Crippen molar-refractivity contribution in [3.8, 4) is 5.75 Å². The van der Waals surface area contributed by atoms with Crippen molar-refractivity contribution in [2.24, 2.45) is 0 Å². The molecule has 0 bridgehead atoms. The Labute approximate surface area is 124 Å². The maximum absolute atomic E-state index is 5.26. The van der Waals surface area contributed by atoms with Gasteiger partial charge in [-0.2, -0.15) is 0 Å². The highest BCUT2D eigenvalue weighted by Crippen LogP contribution is 2.32. The third-order valence-corrected chi connectivity index (χ3v) is 4.69. The van der Waals surface area contributed by atoms with E-state index in [-0.39, 0.29) is 0 Å². The first-order valence-corrected chi connectivity index (χ1v) is 7.88. The Hall–Kier alpha value is -1.36. The summed E-state index contributed by atoms with van der Waals surface area (Å²) in [4.78, 5) is 3.97. The minimum absolute atomic E-state index is 0.364. The third-order valence-electron chi connectivity index (χ3n) is 3.76. The summed E-state index contributed by atoms with van der Waals surface area (Å²) in [7, 11) is 1.71. The molecule has 3 rings (SSSR count). The number of nitrogens with one attached hydrogen (secondary N) is 1. The van der Waals surface area contributed by atoms with Crippen LogP contribution in [0.4, 0.5) is 0 Å². The lowest BCUT2D eigenvalue weighted by Crippen LogP contribution is -2.45. The molecule has 20 heavy (non-hydrogen) atoms. The molecule has 1 aromatic carbocycles. The Morgan fingerprint density at radius 2 is 1.90 bits per heavy atom. The van der Waals surface area contributed by atoms with E-state index in [2.05, 4.69) is 52.0 Å². The molecular formula is C16H20N2OS. The number of nitrogens with zero attached hydrogens (tertiary/aromatic N) is 1. The standard InChI is InChI=1S/C16H20N2OS/c1-19-14-6-4-13(5-7-14)16(15-3-2-12-20-15)18-10-8-17-9-11-18/h2-7,12,16-17H,8-11H2,1H3/t16-/m0/s1. The van der Waals surface area contributed by atoms with Crippen molar-refractivity contribution in [1.82, 2.24) is 10.2 Å². The summed E-state index contributed by atoms with van der Waals surface area (Å²) < 4.78 is 5.26. The zero-order valence-electron chi connectivity index (χ0n) is 11.7. The van der Waals surface area contributed by atoms with Crippen LogP contribution in [-0.2, 0) is 0 Å². The van der Waals surface area contributed by atoms with Gasteiger partial charge in [-0.15, -0.1) is 11.3 Å². The van der Waals surface area contributed by atoms with E-state index in [1.165, 1.54) is 10.4 Å². The van der Waals surface area contributed by atoms with Crippen LogP contribution in [0.25, 0.3) is 0 Å². The van der Waals surface area contributed by atoms with E-state index in [1.54, 1.807) is 7.11 Å². The average molecular weight is 288 g/mol. The molecule has 1 aliphatic heterocycles. The van der Waals surface area contributed by atoms with Crippen LogP contribution in [0.3, 0.4) is 0 Å². The number of methoxy groups -OCH3 is 1. The monoisotopic (exact) mass is 288 g/mol. The summed E-state index contributed by atoms with van der Waals surface area (Å²) in [6.45, 7) is 4.32. The van der Waals surface area contributed by atoms with Gasteiger partial charge in [0.05, 0.1) is 13.2 Å². The lowest BCUT2D eigenvalue weighted by atomic mass is 10.0.